The first kappa shape index (κ1) is 17.9. The number of hydrazone groups is 1. The molecule has 8 nitrogen and oxygen atoms in total. The van der Waals surface area contributed by atoms with Crippen LogP contribution in [-0.4, -0.2) is 30.8 Å². The number of hydrogen-bond acceptors (Lipinski definition) is 6. The number of rotatable bonds is 6. The lowest BCUT2D eigenvalue weighted by Crippen LogP contribution is -2.19. The number of hydrogen-bond donors (Lipinski definition) is 1. The van der Waals surface area contributed by atoms with Gasteiger partial charge in [-0.15, -0.1) is 0 Å². The molecule has 0 aliphatic carbocycles. The van der Waals surface area contributed by atoms with Gasteiger partial charge in [0, 0.05) is 17.7 Å². The lowest BCUT2D eigenvalue weighted by atomic mass is 10.1. The van der Waals surface area contributed by atoms with Crippen LogP contribution >= 0.6 is 0 Å². The highest BCUT2D eigenvalue weighted by atomic mass is 16.6. The van der Waals surface area contributed by atoms with Crippen molar-refractivity contribution in [2.45, 2.75) is 6.92 Å². The highest BCUT2D eigenvalue weighted by Gasteiger charge is 2.11. The molecule has 0 unspecified atom stereocenters. The molecule has 2 rings (SSSR count). The Morgan fingerprint density at radius 2 is 1.64 bits per heavy atom. The minimum Gasteiger partial charge on any atom is -0.493 e. The molecule has 0 aromatic heterocycles. The summed E-state index contributed by atoms with van der Waals surface area (Å²) in [5.74, 6) is 0.540. The molecule has 0 spiro atoms. The molecule has 0 saturated carbocycles. The van der Waals surface area contributed by atoms with Crippen LogP contribution in [0.1, 0.15) is 22.8 Å². The maximum atomic E-state index is 12.2. The van der Waals surface area contributed by atoms with Gasteiger partial charge in [0.1, 0.15) is 0 Å². The van der Waals surface area contributed by atoms with Crippen LogP contribution in [0, 0.1) is 10.1 Å². The van der Waals surface area contributed by atoms with Gasteiger partial charge in [0.15, 0.2) is 11.5 Å². The Bertz CT molecular complexity index is 816. The molecule has 2 aromatic rings. The summed E-state index contributed by atoms with van der Waals surface area (Å²) < 4.78 is 10.3. The average molecular weight is 343 g/mol. The Kier molecular flexibility index (Phi) is 5.67. The summed E-state index contributed by atoms with van der Waals surface area (Å²) in [6.07, 6.45) is 0. The van der Waals surface area contributed by atoms with Crippen molar-refractivity contribution in [3.63, 3.8) is 0 Å². The molecule has 1 amide bonds. The van der Waals surface area contributed by atoms with E-state index in [2.05, 4.69) is 10.5 Å². The molecule has 1 N–H and O–H groups in total. The molecule has 0 heterocycles. The normalized spacial score (nSPS) is 10.9. The largest absolute Gasteiger partial charge is 0.493 e. The Morgan fingerprint density at radius 3 is 2.20 bits per heavy atom. The van der Waals surface area contributed by atoms with Gasteiger partial charge in [-0.05, 0) is 42.8 Å². The third-order valence-corrected chi connectivity index (χ3v) is 3.47. The number of non-ortho nitro benzene ring substituents is 1. The van der Waals surface area contributed by atoms with Crippen molar-refractivity contribution in [3.8, 4) is 11.5 Å². The summed E-state index contributed by atoms with van der Waals surface area (Å²) in [5.41, 5.74) is 3.98. The molecule has 0 bridgehead atoms. The second-order valence-electron chi connectivity index (χ2n) is 5.01. The van der Waals surface area contributed by atoms with Crippen molar-refractivity contribution in [1.82, 2.24) is 5.43 Å². The van der Waals surface area contributed by atoms with Gasteiger partial charge in [-0.25, -0.2) is 5.43 Å². The van der Waals surface area contributed by atoms with E-state index in [1.165, 1.54) is 26.4 Å². The Balaban J connectivity index is 2.12. The van der Waals surface area contributed by atoms with Crippen molar-refractivity contribution in [1.29, 1.82) is 0 Å². The molecular weight excluding hydrogens is 326 g/mol. The van der Waals surface area contributed by atoms with Gasteiger partial charge in [0.25, 0.3) is 11.6 Å². The Morgan fingerprint density at radius 1 is 1.04 bits per heavy atom. The Hall–Kier alpha value is -3.42. The topological polar surface area (TPSA) is 103 Å². The van der Waals surface area contributed by atoms with E-state index in [-0.39, 0.29) is 5.69 Å². The van der Waals surface area contributed by atoms with E-state index in [1.807, 2.05) is 0 Å². The zero-order chi connectivity index (χ0) is 18.4. The Labute approximate surface area is 144 Å². The molecule has 0 saturated heterocycles. The first-order chi connectivity index (χ1) is 12.0. The van der Waals surface area contributed by atoms with Gasteiger partial charge >= 0.3 is 0 Å². The summed E-state index contributed by atoms with van der Waals surface area (Å²) in [5, 5.41) is 14.7. The van der Waals surface area contributed by atoms with E-state index < -0.39 is 10.8 Å². The second kappa shape index (κ2) is 7.91. The monoisotopic (exact) mass is 343 g/mol. The fourth-order valence-electron chi connectivity index (χ4n) is 2.07. The van der Waals surface area contributed by atoms with Gasteiger partial charge < -0.3 is 9.47 Å². The van der Waals surface area contributed by atoms with Gasteiger partial charge in [0.2, 0.25) is 0 Å². The van der Waals surface area contributed by atoms with Gasteiger partial charge in [0.05, 0.1) is 24.9 Å². The summed E-state index contributed by atoms with van der Waals surface area (Å²) in [6, 6.07) is 10.7. The van der Waals surface area contributed by atoms with Crippen molar-refractivity contribution in [3.05, 3.63) is 63.7 Å². The number of nitrogens with zero attached hydrogens (tertiary/aromatic N) is 2. The molecule has 0 aliphatic rings. The fourth-order valence-corrected chi connectivity index (χ4v) is 2.07. The summed E-state index contributed by atoms with van der Waals surface area (Å²) in [7, 11) is 2.99. The smallest absolute Gasteiger partial charge is 0.271 e. The number of nitro groups is 1. The number of methoxy groups -OCH3 is 2. The van der Waals surface area contributed by atoms with Crippen molar-refractivity contribution >= 4 is 17.3 Å². The lowest BCUT2D eigenvalue weighted by molar-refractivity contribution is -0.384. The minimum absolute atomic E-state index is 0.00841. The van der Waals surface area contributed by atoms with E-state index in [1.54, 1.807) is 37.3 Å². The first-order valence-corrected chi connectivity index (χ1v) is 7.27. The maximum Gasteiger partial charge on any atom is 0.271 e. The maximum absolute atomic E-state index is 12.2. The molecule has 0 atom stereocenters. The van der Waals surface area contributed by atoms with Crippen molar-refractivity contribution < 1.29 is 19.2 Å². The van der Waals surface area contributed by atoms with Gasteiger partial charge in [-0.2, -0.15) is 5.10 Å². The van der Waals surface area contributed by atoms with Crippen molar-refractivity contribution in [2.75, 3.05) is 14.2 Å². The van der Waals surface area contributed by atoms with Crippen LogP contribution in [0.5, 0.6) is 11.5 Å². The molecule has 8 heteroatoms. The standard InChI is InChI=1S/C17H17N3O5/c1-11(12-4-7-14(8-5-12)20(22)23)18-19-17(21)13-6-9-15(24-2)16(10-13)25-3/h4-10H,1-3H3,(H,19,21)/b18-11-. The third-order valence-electron chi connectivity index (χ3n) is 3.47. The number of nitro benzene ring substituents is 1. The number of carbonyl (C=O) groups is 1. The SMILES string of the molecule is COc1ccc(C(=O)N/N=C(/C)c2ccc([N+](=O)[O-])cc2)cc1OC. The van der Waals surface area contributed by atoms with Gasteiger partial charge in [-0.1, -0.05) is 0 Å². The van der Waals surface area contributed by atoms with E-state index in [4.69, 9.17) is 9.47 Å². The highest BCUT2D eigenvalue weighted by molar-refractivity contribution is 6.01. The van der Waals surface area contributed by atoms with Crippen LogP contribution in [-0.2, 0) is 0 Å². The van der Waals surface area contributed by atoms with Crippen LogP contribution in [0.25, 0.3) is 0 Å². The van der Waals surface area contributed by atoms with Crippen LogP contribution in [0.2, 0.25) is 0 Å². The van der Waals surface area contributed by atoms with Crippen molar-refractivity contribution in [2.24, 2.45) is 5.10 Å². The molecular formula is C17H17N3O5. The summed E-state index contributed by atoms with van der Waals surface area (Å²) >= 11 is 0. The number of amides is 1. The zero-order valence-electron chi connectivity index (χ0n) is 14.0. The fraction of sp³-hybridized carbons (Fsp3) is 0.176. The molecule has 2 aromatic carbocycles. The molecule has 25 heavy (non-hydrogen) atoms. The predicted molar refractivity (Wildman–Crippen MR) is 92.3 cm³/mol. The average Bonchev–Trinajstić information content (AvgIpc) is 2.65. The van der Waals surface area contributed by atoms with Crippen LogP contribution in [0.3, 0.4) is 0 Å². The van der Waals surface area contributed by atoms with E-state index >= 15 is 0 Å². The minimum atomic E-state index is -0.477. The molecule has 0 aliphatic heterocycles. The molecule has 130 valence electrons. The lowest BCUT2D eigenvalue weighted by Gasteiger charge is -2.09. The van der Waals surface area contributed by atoms with Crippen LogP contribution in [0.15, 0.2) is 47.6 Å². The first-order valence-electron chi connectivity index (χ1n) is 7.27. The van der Waals surface area contributed by atoms with E-state index in [0.717, 1.165) is 0 Å². The third kappa shape index (κ3) is 4.31. The molecule has 0 radical (unpaired) electrons. The summed E-state index contributed by atoms with van der Waals surface area (Å²) in [6.45, 7) is 1.69. The second-order valence-corrected chi connectivity index (χ2v) is 5.01. The quantitative estimate of drug-likeness (QED) is 0.493. The number of benzene rings is 2. The zero-order valence-corrected chi connectivity index (χ0v) is 14.0. The summed E-state index contributed by atoms with van der Waals surface area (Å²) in [4.78, 5) is 22.4. The van der Waals surface area contributed by atoms with Crippen LogP contribution in [0.4, 0.5) is 5.69 Å². The number of nitrogens with one attached hydrogen (secondary N) is 1. The predicted octanol–water partition coefficient (Wildman–Crippen LogP) is 2.77. The van der Waals surface area contributed by atoms with E-state index in [9.17, 15) is 14.9 Å². The molecule has 0 fully saturated rings. The van der Waals surface area contributed by atoms with E-state index in [0.29, 0.717) is 28.3 Å². The van der Waals surface area contributed by atoms with Crippen LogP contribution < -0.4 is 14.9 Å². The number of ether oxygens (including phenoxy) is 2. The number of carbonyl (C=O) groups excluding carboxylic acids is 1. The highest BCUT2D eigenvalue weighted by Crippen LogP contribution is 2.27. The van der Waals surface area contributed by atoms with Gasteiger partial charge in [-0.3, -0.25) is 14.9 Å².